The van der Waals surface area contributed by atoms with Crippen LogP contribution in [0, 0.1) is 0 Å². The van der Waals surface area contributed by atoms with Crippen LogP contribution in [0.15, 0.2) is 53.9 Å². The lowest BCUT2D eigenvalue weighted by Crippen LogP contribution is -2.22. The molecule has 3 aromatic rings. The van der Waals surface area contributed by atoms with Gasteiger partial charge < -0.3 is 14.8 Å². The summed E-state index contributed by atoms with van der Waals surface area (Å²) in [7, 11) is 0. The lowest BCUT2D eigenvalue weighted by molar-refractivity contribution is -0.116. The Bertz CT molecular complexity index is 984. The van der Waals surface area contributed by atoms with E-state index in [4.69, 9.17) is 21.1 Å². The molecule has 1 amide bonds. The predicted molar refractivity (Wildman–Crippen MR) is 113 cm³/mol. The number of carbonyl (C=O) groups excluding carboxylic acids is 1. The molecule has 1 atom stereocenters. The summed E-state index contributed by atoms with van der Waals surface area (Å²) >= 11 is 7.60. The number of rotatable bonds is 6. The quantitative estimate of drug-likeness (QED) is 0.551. The first kappa shape index (κ1) is 18.8. The normalized spacial score (nSPS) is 15.6. The molecule has 1 aromatic heterocycles. The summed E-state index contributed by atoms with van der Waals surface area (Å²) in [5.74, 6) is 1.45. The fourth-order valence-electron chi connectivity index (χ4n) is 3.31. The van der Waals surface area contributed by atoms with Crippen LogP contribution in [-0.2, 0) is 11.4 Å². The van der Waals surface area contributed by atoms with Crippen LogP contribution in [0.1, 0.15) is 35.3 Å². The molecule has 4 nitrogen and oxygen atoms in total. The van der Waals surface area contributed by atoms with Crippen molar-refractivity contribution >= 4 is 34.5 Å². The van der Waals surface area contributed by atoms with Gasteiger partial charge in [0.2, 0.25) is 5.91 Å². The van der Waals surface area contributed by atoms with Crippen LogP contribution in [0.3, 0.4) is 0 Å². The van der Waals surface area contributed by atoms with Crippen molar-refractivity contribution in [3.05, 3.63) is 74.9 Å². The van der Waals surface area contributed by atoms with E-state index < -0.39 is 0 Å². The predicted octanol–water partition coefficient (Wildman–Crippen LogP) is 5.85. The van der Waals surface area contributed by atoms with Crippen LogP contribution >= 0.6 is 22.9 Å². The minimum absolute atomic E-state index is 0.0354. The van der Waals surface area contributed by atoms with Gasteiger partial charge in [-0.15, -0.1) is 11.3 Å². The number of halogens is 1. The van der Waals surface area contributed by atoms with Crippen molar-refractivity contribution < 1.29 is 14.3 Å². The van der Waals surface area contributed by atoms with E-state index in [1.807, 2.05) is 60.8 Å². The molecule has 0 fully saturated rings. The third-order valence-corrected chi connectivity index (χ3v) is 5.94. The van der Waals surface area contributed by atoms with Gasteiger partial charge in [0, 0.05) is 22.2 Å². The molecule has 0 aliphatic carbocycles. The molecule has 2 heterocycles. The lowest BCUT2D eigenvalue weighted by atomic mass is 9.90. The van der Waals surface area contributed by atoms with Crippen molar-refractivity contribution in [3.63, 3.8) is 0 Å². The van der Waals surface area contributed by atoms with E-state index in [0.717, 1.165) is 16.8 Å². The highest BCUT2D eigenvalue weighted by molar-refractivity contribution is 7.10. The Morgan fingerprint density at radius 2 is 1.93 bits per heavy atom. The zero-order valence-corrected chi connectivity index (χ0v) is 17.0. The second kappa shape index (κ2) is 8.25. The molecule has 0 spiro atoms. The highest BCUT2D eigenvalue weighted by Crippen LogP contribution is 2.42. The molecule has 0 saturated heterocycles. The molecule has 1 aliphatic rings. The number of benzene rings is 2. The fraction of sp³-hybridized carbons (Fsp3) is 0.227. The van der Waals surface area contributed by atoms with E-state index in [1.165, 1.54) is 4.88 Å². The lowest BCUT2D eigenvalue weighted by Gasteiger charge is -2.24. The largest absolute Gasteiger partial charge is 0.490 e. The minimum atomic E-state index is 0.0354. The maximum Gasteiger partial charge on any atom is 0.225 e. The van der Waals surface area contributed by atoms with Gasteiger partial charge in [0.05, 0.1) is 12.3 Å². The first-order chi connectivity index (χ1) is 13.6. The Morgan fingerprint density at radius 3 is 2.71 bits per heavy atom. The van der Waals surface area contributed by atoms with Gasteiger partial charge in [-0.05, 0) is 53.8 Å². The molecule has 28 heavy (non-hydrogen) atoms. The molecule has 0 saturated carbocycles. The van der Waals surface area contributed by atoms with Crippen LogP contribution in [0.25, 0.3) is 0 Å². The topological polar surface area (TPSA) is 47.6 Å². The van der Waals surface area contributed by atoms with Crippen molar-refractivity contribution in [3.8, 4) is 11.5 Å². The van der Waals surface area contributed by atoms with E-state index in [-0.39, 0.29) is 11.8 Å². The highest BCUT2D eigenvalue weighted by Gasteiger charge is 2.28. The Balaban J connectivity index is 1.59. The van der Waals surface area contributed by atoms with Crippen LogP contribution in [0.4, 0.5) is 5.69 Å². The smallest absolute Gasteiger partial charge is 0.225 e. The Morgan fingerprint density at radius 1 is 1.11 bits per heavy atom. The number of anilines is 1. The summed E-state index contributed by atoms with van der Waals surface area (Å²) in [5, 5.41) is 5.65. The van der Waals surface area contributed by atoms with Crippen LogP contribution in [-0.4, -0.2) is 12.5 Å². The third-order valence-electron chi connectivity index (χ3n) is 4.65. The molecular formula is C22H20ClNO3S. The average molecular weight is 414 g/mol. The number of carbonyl (C=O) groups is 1. The molecular weight excluding hydrogens is 394 g/mol. The molecule has 1 aliphatic heterocycles. The van der Waals surface area contributed by atoms with Crippen molar-refractivity contribution in [2.75, 3.05) is 11.9 Å². The zero-order valence-electron chi connectivity index (χ0n) is 15.4. The number of nitrogens with one attached hydrogen (secondary N) is 1. The van der Waals surface area contributed by atoms with Crippen molar-refractivity contribution in [2.24, 2.45) is 0 Å². The molecule has 0 radical (unpaired) electrons. The second-order valence-electron chi connectivity index (χ2n) is 6.56. The summed E-state index contributed by atoms with van der Waals surface area (Å²) in [6.07, 6.45) is 0.435. The summed E-state index contributed by atoms with van der Waals surface area (Å²) in [6, 6.07) is 15.5. The minimum Gasteiger partial charge on any atom is -0.490 e. The van der Waals surface area contributed by atoms with Gasteiger partial charge in [-0.1, -0.05) is 29.8 Å². The molecule has 6 heteroatoms. The van der Waals surface area contributed by atoms with E-state index in [1.54, 1.807) is 11.3 Å². The van der Waals surface area contributed by atoms with Crippen molar-refractivity contribution in [2.45, 2.75) is 25.9 Å². The van der Waals surface area contributed by atoms with Crippen LogP contribution < -0.4 is 14.8 Å². The van der Waals surface area contributed by atoms with Gasteiger partial charge in [-0.2, -0.15) is 0 Å². The first-order valence-corrected chi connectivity index (χ1v) is 10.4. The number of thiophene rings is 1. The number of ether oxygens (including phenoxy) is 2. The van der Waals surface area contributed by atoms with Gasteiger partial charge in [-0.25, -0.2) is 0 Å². The van der Waals surface area contributed by atoms with Crippen LogP contribution in [0.5, 0.6) is 11.5 Å². The number of amides is 1. The SMILES string of the molecule is CCOc1cc([C@H]2CC(=O)Nc3ccsc32)ccc1OCc1ccc(Cl)cc1. The molecule has 1 N–H and O–H groups in total. The maximum atomic E-state index is 12.1. The average Bonchev–Trinajstić information content (AvgIpc) is 3.16. The highest BCUT2D eigenvalue weighted by atomic mass is 35.5. The van der Waals surface area contributed by atoms with Crippen LogP contribution in [0.2, 0.25) is 5.02 Å². The van der Waals surface area contributed by atoms with E-state index in [2.05, 4.69) is 5.32 Å². The number of fused-ring (bicyclic) bond motifs is 1. The van der Waals surface area contributed by atoms with Crippen molar-refractivity contribution in [1.29, 1.82) is 0 Å². The molecule has 144 valence electrons. The molecule has 0 unspecified atom stereocenters. The number of hydrogen-bond acceptors (Lipinski definition) is 4. The maximum absolute atomic E-state index is 12.1. The molecule has 2 aromatic carbocycles. The Kier molecular flexibility index (Phi) is 5.55. The van der Waals surface area contributed by atoms with Gasteiger partial charge in [0.25, 0.3) is 0 Å². The molecule has 0 bridgehead atoms. The second-order valence-corrected chi connectivity index (χ2v) is 7.94. The Labute approximate surface area is 173 Å². The summed E-state index contributed by atoms with van der Waals surface area (Å²) in [6.45, 7) is 2.91. The number of hydrogen-bond donors (Lipinski definition) is 1. The standard InChI is InChI=1S/C22H20ClNO3S/c1-2-26-20-11-15(17-12-21(25)24-18-9-10-28-22(17)18)5-8-19(20)27-13-14-3-6-16(23)7-4-14/h3-11,17H,2,12-13H2,1H3,(H,24,25)/t17-/m1/s1. The van der Waals surface area contributed by atoms with E-state index in [9.17, 15) is 4.79 Å². The summed E-state index contributed by atoms with van der Waals surface area (Å²) < 4.78 is 11.8. The van der Waals surface area contributed by atoms with Gasteiger partial charge in [-0.3, -0.25) is 4.79 Å². The van der Waals surface area contributed by atoms with E-state index in [0.29, 0.717) is 36.2 Å². The third kappa shape index (κ3) is 4.01. The monoisotopic (exact) mass is 413 g/mol. The zero-order chi connectivity index (χ0) is 19.5. The van der Waals surface area contributed by atoms with E-state index >= 15 is 0 Å². The van der Waals surface area contributed by atoms with Crippen molar-refractivity contribution in [1.82, 2.24) is 0 Å². The Hall–Kier alpha value is -2.50. The van der Waals surface area contributed by atoms with Gasteiger partial charge in [0.15, 0.2) is 11.5 Å². The summed E-state index contributed by atoms with van der Waals surface area (Å²) in [4.78, 5) is 13.3. The van der Waals surface area contributed by atoms with Gasteiger partial charge >= 0.3 is 0 Å². The first-order valence-electron chi connectivity index (χ1n) is 9.15. The fourth-order valence-corrected chi connectivity index (χ4v) is 4.42. The summed E-state index contributed by atoms with van der Waals surface area (Å²) in [5.41, 5.74) is 3.00. The molecule has 4 rings (SSSR count). The van der Waals surface area contributed by atoms with Gasteiger partial charge in [0.1, 0.15) is 6.61 Å².